The summed E-state index contributed by atoms with van der Waals surface area (Å²) in [6, 6.07) is 8.54. The minimum atomic E-state index is -0.983. The zero-order valence-electron chi connectivity index (χ0n) is 27.4. The fourth-order valence-corrected chi connectivity index (χ4v) is 7.03. The SMILES string of the molecule is CCCc1cc(N[C@@H]2CCC(NC(=O)CCCCCCCNc3cccc4c3C(=O)N(C3CCC(=O)NC3=O)C4=O)C2)n2nccc2n1. The summed E-state index contributed by atoms with van der Waals surface area (Å²) >= 11 is 0. The highest BCUT2D eigenvalue weighted by Crippen LogP contribution is 2.32. The van der Waals surface area contributed by atoms with E-state index in [1.54, 1.807) is 24.4 Å². The molecule has 3 aliphatic rings. The molecule has 2 unspecified atom stereocenters. The third kappa shape index (κ3) is 7.34. The van der Waals surface area contributed by atoms with Crippen LogP contribution >= 0.6 is 0 Å². The van der Waals surface area contributed by atoms with Crippen LogP contribution in [0.2, 0.25) is 0 Å². The molecule has 4 heterocycles. The van der Waals surface area contributed by atoms with Gasteiger partial charge in [-0.2, -0.15) is 9.61 Å². The van der Waals surface area contributed by atoms with Crippen molar-refractivity contribution in [2.45, 2.75) is 109 Å². The maximum absolute atomic E-state index is 13.2. The molecule has 0 bridgehead atoms. The molecule has 1 aliphatic carbocycles. The topological polar surface area (TPSA) is 167 Å². The number of carbonyl (C=O) groups is 5. The van der Waals surface area contributed by atoms with Gasteiger partial charge in [0, 0.05) is 55.0 Å². The summed E-state index contributed by atoms with van der Waals surface area (Å²) in [7, 11) is 0. The number of rotatable bonds is 15. The van der Waals surface area contributed by atoms with Gasteiger partial charge in [0.05, 0.1) is 17.3 Å². The van der Waals surface area contributed by atoms with Crippen LogP contribution in [0, 0.1) is 0 Å². The number of piperidine rings is 1. The number of carbonyl (C=O) groups excluding carboxylic acids is 5. The highest BCUT2D eigenvalue weighted by atomic mass is 16.2. The standard InChI is InChI=1S/C35H44N8O5/c1-2-9-22-21-29(43-28(38-22)17-19-37-43)39-23-13-14-24(20-23)40-30(44)12-6-4-3-5-7-18-36-26-11-8-10-25-32(26)35(48)42(34(25)47)27-15-16-31(45)41-33(27)46/h8,10-11,17,19,21,23-24,27,36,39H,2-7,9,12-16,18,20H2,1H3,(H,40,44)(H,41,45,46)/t23-,24?,27?/m1/s1. The lowest BCUT2D eigenvalue weighted by Gasteiger charge is -2.27. The second-order valence-corrected chi connectivity index (χ2v) is 13.0. The molecule has 3 aromatic rings. The van der Waals surface area contributed by atoms with E-state index in [9.17, 15) is 24.0 Å². The van der Waals surface area contributed by atoms with E-state index in [0.29, 0.717) is 18.7 Å². The second kappa shape index (κ2) is 15.0. The zero-order chi connectivity index (χ0) is 33.6. The van der Waals surface area contributed by atoms with E-state index in [4.69, 9.17) is 0 Å². The summed E-state index contributed by atoms with van der Waals surface area (Å²) in [4.78, 5) is 68.5. The molecule has 254 valence electrons. The maximum Gasteiger partial charge on any atom is 0.264 e. The Bertz CT molecular complexity index is 1700. The van der Waals surface area contributed by atoms with Crippen molar-refractivity contribution in [3.05, 3.63) is 53.3 Å². The summed E-state index contributed by atoms with van der Waals surface area (Å²) in [5, 5.41) is 16.8. The van der Waals surface area contributed by atoms with Gasteiger partial charge in [0.1, 0.15) is 11.9 Å². The molecular formula is C35H44N8O5. The Morgan fingerprint density at radius 1 is 0.979 bits per heavy atom. The van der Waals surface area contributed by atoms with Gasteiger partial charge in [-0.1, -0.05) is 38.7 Å². The summed E-state index contributed by atoms with van der Waals surface area (Å²) < 4.78 is 1.84. The van der Waals surface area contributed by atoms with Gasteiger partial charge in [-0.15, -0.1) is 0 Å². The van der Waals surface area contributed by atoms with E-state index in [1.165, 1.54) is 0 Å². The smallest absolute Gasteiger partial charge is 0.264 e. The van der Waals surface area contributed by atoms with Crippen LogP contribution in [0.5, 0.6) is 0 Å². The quantitative estimate of drug-likeness (QED) is 0.140. The zero-order valence-corrected chi connectivity index (χ0v) is 27.4. The van der Waals surface area contributed by atoms with Crippen LogP contribution in [-0.4, -0.2) is 73.7 Å². The molecule has 6 rings (SSSR count). The Kier molecular flexibility index (Phi) is 10.3. The summed E-state index contributed by atoms with van der Waals surface area (Å²) in [6.07, 6.45) is 11.9. The van der Waals surface area contributed by atoms with E-state index in [2.05, 4.69) is 44.3 Å². The Morgan fingerprint density at radius 2 is 1.79 bits per heavy atom. The maximum atomic E-state index is 13.2. The molecule has 3 atom stereocenters. The van der Waals surface area contributed by atoms with Crippen LogP contribution in [0.1, 0.15) is 110 Å². The van der Waals surface area contributed by atoms with Gasteiger partial charge in [0.15, 0.2) is 5.65 Å². The van der Waals surface area contributed by atoms with E-state index < -0.39 is 29.7 Å². The Labute approximate surface area is 279 Å². The predicted octanol–water partition coefficient (Wildman–Crippen LogP) is 3.98. The molecule has 0 radical (unpaired) electrons. The largest absolute Gasteiger partial charge is 0.384 e. The fraction of sp³-hybridized carbons (Fsp3) is 0.514. The number of hydrogen-bond acceptors (Lipinski definition) is 9. The lowest BCUT2D eigenvalue weighted by atomic mass is 10.0. The van der Waals surface area contributed by atoms with Crippen molar-refractivity contribution in [3.8, 4) is 0 Å². The highest BCUT2D eigenvalue weighted by molar-refractivity contribution is 6.25. The van der Waals surface area contributed by atoms with Crippen molar-refractivity contribution < 1.29 is 24.0 Å². The van der Waals surface area contributed by atoms with Crippen LogP contribution < -0.4 is 21.3 Å². The number of nitrogens with zero attached hydrogens (tertiary/aromatic N) is 4. The first-order valence-electron chi connectivity index (χ1n) is 17.3. The van der Waals surface area contributed by atoms with Crippen molar-refractivity contribution in [2.75, 3.05) is 17.2 Å². The first-order chi connectivity index (χ1) is 23.3. The highest BCUT2D eigenvalue weighted by Gasteiger charge is 2.45. The molecule has 13 nitrogen and oxygen atoms in total. The Morgan fingerprint density at radius 3 is 2.62 bits per heavy atom. The van der Waals surface area contributed by atoms with Gasteiger partial charge in [0.2, 0.25) is 17.7 Å². The number of aryl methyl sites for hydroxylation is 1. The monoisotopic (exact) mass is 656 g/mol. The van der Waals surface area contributed by atoms with Crippen LogP contribution in [-0.2, 0) is 20.8 Å². The lowest BCUT2D eigenvalue weighted by Crippen LogP contribution is -2.54. The van der Waals surface area contributed by atoms with Crippen molar-refractivity contribution in [1.82, 2.24) is 30.1 Å². The number of anilines is 2. The van der Waals surface area contributed by atoms with E-state index in [-0.39, 0.29) is 42.0 Å². The predicted molar refractivity (Wildman–Crippen MR) is 179 cm³/mol. The van der Waals surface area contributed by atoms with Crippen molar-refractivity contribution in [3.63, 3.8) is 0 Å². The molecule has 13 heteroatoms. The number of nitrogens with one attached hydrogen (secondary N) is 4. The molecular weight excluding hydrogens is 612 g/mol. The van der Waals surface area contributed by atoms with E-state index in [0.717, 1.165) is 86.3 Å². The minimum Gasteiger partial charge on any atom is -0.384 e. The normalized spacial score (nSPS) is 20.7. The van der Waals surface area contributed by atoms with E-state index in [1.807, 2.05) is 10.6 Å². The molecule has 5 amide bonds. The lowest BCUT2D eigenvalue weighted by molar-refractivity contribution is -0.136. The van der Waals surface area contributed by atoms with Gasteiger partial charge in [-0.05, 0) is 57.1 Å². The van der Waals surface area contributed by atoms with Gasteiger partial charge < -0.3 is 16.0 Å². The van der Waals surface area contributed by atoms with Crippen LogP contribution in [0.3, 0.4) is 0 Å². The van der Waals surface area contributed by atoms with Crippen molar-refractivity contribution in [1.29, 1.82) is 0 Å². The molecule has 0 spiro atoms. The molecule has 1 saturated heterocycles. The first kappa shape index (κ1) is 33.1. The third-order valence-electron chi connectivity index (χ3n) is 9.43. The molecule has 2 fully saturated rings. The van der Waals surface area contributed by atoms with Gasteiger partial charge in [0.25, 0.3) is 11.8 Å². The van der Waals surface area contributed by atoms with Gasteiger partial charge >= 0.3 is 0 Å². The number of amides is 5. The van der Waals surface area contributed by atoms with E-state index >= 15 is 0 Å². The summed E-state index contributed by atoms with van der Waals surface area (Å²) in [5.41, 5.74) is 3.01. The second-order valence-electron chi connectivity index (χ2n) is 13.0. The van der Waals surface area contributed by atoms with Crippen LogP contribution in [0.15, 0.2) is 36.5 Å². The molecule has 2 aliphatic heterocycles. The number of unbranched alkanes of at least 4 members (excludes halogenated alkanes) is 4. The number of hydrogen-bond donors (Lipinski definition) is 4. The Balaban J connectivity index is 0.871. The van der Waals surface area contributed by atoms with Gasteiger partial charge in [-0.25, -0.2) is 4.98 Å². The summed E-state index contributed by atoms with van der Waals surface area (Å²) in [6.45, 7) is 2.77. The summed E-state index contributed by atoms with van der Waals surface area (Å²) in [5.74, 6) is -0.983. The number of aromatic nitrogens is 3. The van der Waals surface area contributed by atoms with Crippen LogP contribution in [0.25, 0.3) is 5.65 Å². The number of imide groups is 2. The fourth-order valence-electron chi connectivity index (χ4n) is 7.03. The molecule has 1 aromatic carbocycles. The van der Waals surface area contributed by atoms with Crippen LogP contribution in [0.4, 0.5) is 11.5 Å². The molecule has 1 saturated carbocycles. The third-order valence-corrected chi connectivity index (χ3v) is 9.43. The average molecular weight is 657 g/mol. The minimum absolute atomic E-state index is 0.0854. The number of benzene rings is 1. The average Bonchev–Trinajstić information content (AvgIpc) is 3.78. The molecule has 2 aromatic heterocycles. The van der Waals surface area contributed by atoms with Crippen molar-refractivity contribution in [2.24, 2.45) is 0 Å². The molecule has 48 heavy (non-hydrogen) atoms. The molecule has 4 N–H and O–H groups in total. The Hall–Kier alpha value is -4.81. The van der Waals surface area contributed by atoms with Gasteiger partial charge in [-0.3, -0.25) is 34.2 Å². The number of fused-ring (bicyclic) bond motifs is 2. The van der Waals surface area contributed by atoms with Crippen molar-refractivity contribution >= 4 is 46.7 Å². The first-order valence-corrected chi connectivity index (χ1v) is 17.3.